The molecule has 1 aromatic heterocycles. The van der Waals surface area contributed by atoms with E-state index in [1.54, 1.807) is 4.68 Å². The predicted octanol–water partition coefficient (Wildman–Crippen LogP) is 2.06. The summed E-state index contributed by atoms with van der Waals surface area (Å²) in [6, 6.07) is 7.75. The SMILES string of the molecule is COC(=O)C1CC[NH+](Cn2nc(-c3ccc(Br)cc3)oc2=S)CC1. The number of nitrogens with one attached hydrogen (secondary N) is 1. The van der Waals surface area contributed by atoms with E-state index in [-0.39, 0.29) is 11.9 Å². The molecule has 8 heteroatoms. The third-order valence-corrected chi connectivity index (χ3v) is 5.12. The van der Waals surface area contributed by atoms with Crippen molar-refractivity contribution in [1.82, 2.24) is 9.78 Å². The first-order valence-electron chi connectivity index (χ1n) is 7.82. The maximum Gasteiger partial charge on any atom is 0.309 e. The molecule has 0 radical (unpaired) electrons. The zero-order valence-corrected chi connectivity index (χ0v) is 15.7. The van der Waals surface area contributed by atoms with E-state index in [1.807, 2.05) is 24.3 Å². The fraction of sp³-hybridized carbons (Fsp3) is 0.438. The average molecular weight is 413 g/mol. The molecule has 0 bridgehead atoms. The molecule has 2 heterocycles. The van der Waals surface area contributed by atoms with Crippen LogP contribution in [-0.4, -0.2) is 35.9 Å². The molecule has 6 nitrogen and oxygen atoms in total. The maximum absolute atomic E-state index is 11.6. The van der Waals surface area contributed by atoms with Gasteiger partial charge < -0.3 is 14.1 Å². The van der Waals surface area contributed by atoms with Gasteiger partial charge in [-0.15, -0.1) is 5.10 Å². The largest absolute Gasteiger partial charge is 0.469 e. The number of esters is 1. The van der Waals surface area contributed by atoms with E-state index in [0.717, 1.165) is 36.0 Å². The quantitative estimate of drug-likeness (QED) is 0.614. The Labute approximate surface area is 153 Å². The lowest BCUT2D eigenvalue weighted by Crippen LogP contribution is -3.12. The molecule has 1 saturated heterocycles. The summed E-state index contributed by atoms with van der Waals surface area (Å²) in [4.78, 5) is 13.3. The number of aromatic nitrogens is 2. The number of halogens is 1. The van der Waals surface area contributed by atoms with Crippen LogP contribution < -0.4 is 4.90 Å². The second-order valence-electron chi connectivity index (χ2n) is 5.89. The zero-order valence-electron chi connectivity index (χ0n) is 13.3. The number of rotatable bonds is 4. The summed E-state index contributed by atoms with van der Waals surface area (Å²) in [5.41, 5.74) is 0.891. The Morgan fingerprint density at radius 1 is 1.42 bits per heavy atom. The van der Waals surface area contributed by atoms with E-state index < -0.39 is 0 Å². The fourth-order valence-corrected chi connectivity index (χ4v) is 3.36. The minimum atomic E-state index is -0.107. The molecule has 1 aliphatic rings. The van der Waals surface area contributed by atoms with Crippen molar-refractivity contribution in [2.75, 3.05) is 20.2 Å². The van der Waals surface area contributed by atoms with Crippen LogP contribution in [0.5, 0.6) is 0 Å². The number of nitrogens with zero attached hydrogens (tertiary/aromatic N) is 2. The molecular formula is C16H19BrN3O3S+. The van der Waals surface area contributed by atoms with Crippen LogP contribution in [0.2, 0.25) is 0 Å². The number of carbonyl (C=O) groups excluding carboxylic acids is 1. The van der Waals surface area contributed by atoms with Gasteiger partial charge in [0.2, 0.25) is 5.89 Å². The monoisotopic (exact) mass is 412 g/mol. The third-order valence-electron chi connectivity index (χ3n) is 4.30. The lowest BCUT2D eigenvalue weighted by Gasteiger charge is -2.27. The highest BCUT2D eigenvalue weighted by atomic mass is 79.9. The number of methoxy groups -OCH3 is 1. The molecule has 0 spiro atoms. The Morgan fingerprint density at radius 3 is 2.71 bits per heavy atom. The molecule has 0 aliphatic carbocycles. The number of hydrogen-bond donors (Lipinski definition) is 1. The van der Waals surface area contributed by atoms with Crippen LogP contribution >= 0.6 is 28.1 Å². The van der Waals surface area contributed by atoms with Gasteiger partial charge in [-0.1, -0.05) is 15.9 Å². The highest BCUT2D eigenvalue weighted by molar-refractivity contribution is 9.10. The Bertz CT molecular complexity index is 764. The van der Waals surface area contributed by atoms with Crippen LogP contribution in [0.25, 0.3) is 11.5 Å². The van der Waals surface area contributed by atoms with Gasteiger partial charge in [0.25, 0.3) is 4.84 Å². The van der Waals surface area contributed by atoms with Crippen LogP contribution in [0.4, 0.5) is 0 Å². The number of quaternary nitrogens is 1. The summed E-state index contributed by atoms with van der Waals surface area (Å²) >= 11 is 8.70. The summed E-state index contributed by atoms with van der Waals surface area (Å²) in [6.07, 6.45) is 1.65. The normalized spacial score (nSPS) is 20.8. The van der Waals surface area contributed by atoms with Crippen LogP contribution in [0.3, 0.4) is 0 Å². The second-order valence-corrected chi connectivity index (χ2v) is 7.15. The van der Waals surface area contributed by atoms with Gasteiger partial charge in [-0.3, -0.25) is 4.79 Å². The zero-order chi connectivity index (χ0) is 17.1. The topological polar surface area (TPSA) is 61.7 Å². The molecule has 3 rings (SSSR count). The Hall–Kier alpha value is -1.51. The molecule has 1 aromatic carbocycles. The van der Waals surface area contributed by atoms with Gasteiger partial charge in [-0.25, -0.2) is 0 Å². The molecule has 0 amide bonds. The van der Waals surface area contributed by atoms with Crippen LogP contribution in [0.15, 0.2) is 33.2 Å². The number of piperidine rings is 1. The molecular weight excluding hydrogens is 394 g/mol. The van der Waals surface area contributed by atoms with Gasteiger partial charge >= 0.3 is 5.97 Å². The van der Waals surface area contributed by atoms with E-state index >= 15 is 0 Å². The average Bonchev–Trinajstić information content (AvgIpc) is 2.96. The van der Waals surface area contributed by atoms with Gasteiger partial charge in [0.1, 0.15) is 0 Å². The number of likely N-dealkylation sites (tertiary alicyclic amines) is 1. The standard InChI is InChI=1S/C16H18BrN3O3S/c1-22-15(21)12-6-8-19(9-7-12)10-20-16(24)23-14(18-20)11-2-4-13(17)5-3-11/h2-5,12H,6-10H2,1H3/p+1. The Morgan fingerprint density at radius 2 is 2.08 bits per heavy atom. The molecule has 0 atom stereocenters. The minimum Gasteiger partial charge on any atom is -0.469 e. The lowest BCUT2D eigenvalue weighted by molar-refractivity contribution is -0.929. The van der Waals surface area contributed by atoms with Crippen LogP contribution in [-0.2, 0) is 16.2 Å². The van der Waals surface area contributed by atoms with Crippen molar-refractivity contribution >= 4 is 34.1 Å². The molecule has 128 valence electrons. The van der Waals surface area contributed by atoms with Gasteiger partial charge in [-0.2, -0.15) is 4.68 Å². The van der Waals surface area contributed by atoms with E-state index in [4.69, 9.17) is 21.4 Å². The molecule has 24 heavy (non-hydrogen) atoms. The van der Waals surface area contributed by atoms with Crippen molar-refractivity contribution < 1.29 is 18.8 Å². The number of benzene rings is 1. The van der Waals surface area contributed by atoms with Crippen molar-refractivity contribution in [1.29, 1.82) is 0 Å². The van der Waals surface area contributed by atoms with E-state index in [2.05, 4.69) is 21.0 Å². The smallest absolute Gasteiger partial charge is 0.309 e. The predicted molar refractivity (Wildman–Crippen MR) is 93.9 cm³/mol. The fourth-order valence-electron chi connectivity index (χ4n) is 2.91. The number of hydrogen-bond acceptors (Lipinski definition) is 5. The summed E-state index contributed by atoms with van der Waals surface area (Å²) in [7, 11) is 1.44. The van der Waals surface area contributed by atoms with Crippen LogP contribution in [0, 0.1) is 10.8 Å². The van der Waals surface area contributed by atoms with Crippen molar-refractivity contribution in [3.63, 3.8) is 0 Å². The van der Waals surface area contributed by atoms with Gasteiger partial charge in [-0.05, 0) is 36.5 Å². The van der Waals surface area contributed by atoms with Crippen molar-refractivity contribution in [2.24, 2.45) is 5.92 Å². The second kappa shape index (κ2) is 7.58. The van der Waals surface area contributed by atoms with Crippen molar-refractivity contribution in [3.05, 3.63) is 33.6 Å². The maximum atomic E-state index is 11.6. The van der Waals surface area contributed by atoms with E-state index in [9.17, 15) is 4.79 Å². The first-order valence-corrected chi connectivity index (χ1v) is 9.02. The molecule has 1 fully saturated rings. The molecule has 0 unspecified atom stereocenters. The van der Waals surface area contributed by atoms with Gasteiger partial charge in [0.05, 0.1) is 26.1 Å². The van der Waals surface area contributed by atoms with Gasteiger partial charge in [0.15, 0.2) is 6.67 Å². The van der Waals surface area contributed by atoms with Crippen LogP contribution in [0.1, 0.15) is 12.8 Å². The van der Waals surface area contributed by atoms with Gasteiger partial charge in [0, 0.05) is 22.9 Å². The Kier molecular flexibility index (Phi) is 5.47. The van der Waals surface area contributed by atoms with Crippen molar-refractivity contribution in [3.8, 4) is 11.5 Å². The first kappa shape index (κ1) is 17.3. The van der Waals surface area contributed by atoms with E-state index in [0.29, 0.717) is 17.4 Å². The number of ether oxygens (including phenoxy) is 1. The summed E-state index contributed by atoms with van der Waals surface area (Å²) < 4.78 is 13.2. The van der Waals surface area contributed by atoms with Crippen molar-refractivity contribution in [2.45, 2.75) is 19.5 Å². The molecule has 1 aliphatic heterocycles. The summed E-state index contributed by atoms with van der Waals surface area (Å²) in [5, 5.41) is 4.49. The number of carbonyl (C=O) groups is 1. The minimum absolute atomic E-state index is 0.0161. The summed E-state index contributed by atoms with van der Waals surface area (Å²) in [6.45, 7) is 2.43. The molecule has 2 aromatic rings. The lowest BCUT2D eigenvalue weighted by atomic mass is 9.97. The Balaban J connectivity index is 1.65. The highest BCUT2D eigenvalue weighted by Gasteiger charge is 2.28. The molecule has 0 saturated carbocycles. The third kappa shape index (κ3) is 3.93. The summed E-state index contributed by atoms with van der Waals surface area (Å²) in [5.74, 6) is 0.434. The highest BCUT2D eigenvalue weighted by Crippen LogP contribution is 2.20. The first-order chi connectivity index (χ1) is 11.6. The molecule has 1 N–H and O–H groups in total. The van der Waals surface area contributed by atoms with E-state index in [1.165, 1.54) is 12.0 Å².